The molecular weight excluding hydrogens is 472 g/mol. The van der Waals surface area contributed by atoms with Gasteiger partial charge in [-0.1, -0.05) is 30.3 Å². The molecule has 2 N–H and O–H groups in total. The SMILES string of the molecule is COC1CCN(C(=O)c2ccc(/C=C/c3n[nH]c4ccccc34)c(NC(=O)c3sccc3C)c2)CC1. The molecule has 2 aromatic heterocycles. The second kappa shape index (κ2) is 10.5. The molecule has 2 amide bonds. The summed E-state index contributed by atoms with van der Waals surface area (Å²) in [5.41, 5.74) is 4.60. The van der Waals surface area contributed by atoms with E-state index >= 15 is 0 Å². The molecule has 1 saturated heterocycles. The Bertz CT molecular complexity index is 1430. The highest BCUT2D eigenvalue weighted by atomic mass is 32.1. The predicted octanol–water partition coefficient (Wildman–Crippen LogP) is 5.61. The van der Waals surface area contributed by atoms with Crippen LogP contribution >= 0.6 is 11.3 Å². The van der Waals surface area contributed by atoms with Crippen LogP contribution < -0.4 is 5.32 Å². The van der Waals surface area contributed by atoms with Gasteiger partial charge < -0.3 is 15.0 Å². The normalized spacial score (nSPS) is 14.6. The Balaban J connectivity index is 1.45. The number of H-pyrrole nitrogens is 1. The van der Waals surface area contributed by atoms with Crippen molar-refractivity contribution in [2.75, 3.05) is 25.5 Å². The van der Waals surface area contributed by atoms with Gasteiger partial charge in [-0.05, 0) is 66.6 Å². The monoisotopic (exact) mass is 500 g/mol. The number of ether oxygens (including phenoxy) is 1. The number of para-hydroxylation sites is 1. The van der Waals surface area contributed by atoms with Gasteiger partial charge in [-0.15, -0.1) is 11.3 Å². The summed E-state index contributed by atoms with van der Waals surface area (Å²) >= 11 is 1.40. The number of aromatic amines is 1. The molecule has 0 radical (unpaired) electrons. The maximum absolute atomic E-state index is 13.3. The van der Waals surface area contributed by atoms with Crippen LogP contribution in [0.5, 0.6) is 0 Å². The number of carbonyl (C=O) groups is 2. The van der Waals surface area contributed by atoms with Gasteiger partial charge in [0.25, 0.3) is 11.8 Å². The second-order valence-corrected chi connectivity index (χ2v) is 9.82. The Morgan fingerprint density at radius 1 is 1.14 bits per heavy atom. The molecule has 0 aliphatic carbocycles. The van der Waals surface area contributed by atoms with Gasteiger partial charge in [0.1, 0.15) is 0 Å². The lowest BCUT2D eigenvalue weighted by atomic mass is 10.0. The summed E-state index contributed by atoms with van der Waals surface area (Å²) in [6.45, 7) is 3.22. The maximum Gasteiger partial charge on any atom is 0.266 e. The van der Waals surface area contributed by atoms with Crippen molar-refractivity contribution in [1.29, 1.82) is 0 Å². The molecule has 4 aromatic rings. The fraction of sp³-hybridized carbons (Fsp3) is 0.250. The van der Waals surface area contributed by atoms with Gasteiger partial charge in [-0.2, -0.15) is 5.10 Å². The first-order valence-electron chi connectivity index (χ1n) is 12.0. The van der Waals surface area contributed by atoms with Gasteiger partial charge in [-0.25, -0.2) is 0 Å². The molecule has 36 heavy (non-hydrogen) atoms. The molecule has 2 aromatic carbocycles. The summed E-state index contributed by atoms with van der Waals surface area (Å²) in [4.78, 5) is 28.8. The molecule has 0 saturated carbocycles. The Hall–Kier alpha value is -3.75. The smallest absolute Gasteiger partial charge is 0.266 e. The zero-order valence-corrected chi connectivity index (χ0v) is 21.1. The molecule has 0 atom stereocenters. The number of piperidine rings is 1. The molecule has 8 heteroatoms. The fourth-order valence-electron chi connectivity index (χ4n) is 4.48. The van der Waals surface area contributed by atoms with Gasteiger partial charge >= 0.3 is 0 Å². The first kappa shape index (κ1) is 24.0. The lowest BCUT2D eigenvalue weighted by Crippen LogP contribution is -2.40. The van der Waals surface area contributed by atoms with E-state index < -0.39 is 0 Å². The summed E-state index contributed by atoms with van der Waals surface area (Å²) in [6, 6.07) is 15.3. The summed E-state index contributed by atoms with van der Waals surface area (Å²) in [6.07, 6.45) is 5.67. The number of likely N-dealkylation sites (tertiary alicyclic amines) is 1. The van der Waals surface area contributed by atoms with Gasteiger partial charge in [-0.3, -0.25) is 14.7 Å². The van der Waals surface area contributed by atoms with Crippen molar-refractivity contribution in [2.45, 2.75) is 25.9 Å². The van der Waals surface area contributed by atoms with E-state index in [9.17, 15) is 9.59 Å². The summed E-state index contributed by atoms with van der Waals surface area (Å²) in [5, 5.41) is 13.4. The minimum absolute atomic E-state index is 0.0406. The molecule has 1 aliphatic rings. The summed E-state index contributed by atoms with van der Waals surface area (Å²) in [7, 11) is 1.71. The molecular formula is C28H28N4O3S. The molecule has 0 spiro atoms. The van der Waals surface area contributed by atoms with Crippen molar-refractivity contribution in [2.24, 2.45) is 0 Å². The first-order chi connectivity index (χ1) is 17.5. The maximum atomic E-state index is 13.3. The Morgan fingerprint density at radius 2 is 1.94 bits per heavy atom. The number of hydrogen-bond donors (Lipinski definition) is 2. The van der Waals surface area contributed by atoms with E-state index in [-0.39, 0.29) is 17.9 Å². The third kappa shape index (κ3) is 4.96. The van der Waals surface area contributed by atoms with Crippen LogP contribution in [0.2, 0.25) is 0 Å². The van der Waals surface area contributed by atoms with E-state index in [1.807, 2.05) is 71.8 Å². The molecule has 7 nitrogen and oxygen atoms in total. The van der Waals surface area contributed by atoms with Gasteiger partial charge in [0.05, 0.1) is 22.2 Å². The van der Waals surface area contributed by atoms with Gasteiger partial charge in [0.2, 0.25) is 0 Å². The average molecular weight is 501 g/mol. The Kier molecular flexibility index (Phi) is 6.97. The quantitative estimate of drug-likeness (QED) is 0.360. The Morgan fingerprint density at radius 3 is 2.69 bits per heavy atom. The number of methoxy groups -OCH3 is 1. The predicted molar refractivity (Wildman–Crippen MR) is 144 cm³/mol. The van der Waals surface area contributed by atoms with Crippen molar-refractivity contribution in [1.82, 2.24) is 15.1 Å². The van der Waals surface area contributed by atoms with E-state index in [2.05, 4.69) is 15.5 Å². The van der Waals surface area contributed by atoms with Crippen molar-refractivity contribution < 1.29 is 14.3 Å². The number of hydrogen-bond acceptors (Lipinski definition) is 5. The molecule has 3 heterocycles. The van der Waals surface area contributed by atoms with Crippen LogP contribution in [-0.4, -0.2) is 53.2 Å². The zero-order chi connectivity index (χ0) is 25.1. The van der Waals surface area contributed by atoms with Crippen LogP contribution in [0.25, 0.3) is 23.1 Å². The van der Waals surface area contributed by atoms with Crippen molar-refractivity contribution >= 4 is 51.9 Å². The van der Waals surface area contributed by atoms with Gasteiger partial charge in [0.15, 0.2) is 0 Å². The zero-order valence-electron chi connectivity index (χ0n) is 20.3. The van der Waals surface area contributed by atoms with Crippen LogP contribution in [0.1, 0.15) is 49.7 Å². The number of amides is 2. The number of aryl methyl sites for hydroxylation is 1. The number of anilines is 1. The Labute approximate surface area is 213 Å². The lowest BCUT2D eigenvalue weighted by molar-refractivity contribution is 0.0350. The number of benzene rings is 2. The van der Waals surface area contributed by atoms with E-state index in [1.165, 1.54) is 11.3 Å². The van der Waals surface area contributed by atoms with Gasteiger partial charge in [0, 0.05) is 36.8 Å². The highest BCUT2D eigenvalue weighted by Gasteiger charge is 2.24. The lowest BCUT2D eigenvalue weighted by Gasteiger charge is -2.31. The first-order valence-corrected chi connectivity index (χ1v) is 12.8. The van der Waals surface area contributed by atoms with Crippen molar-refractivity contribution in [3.05, 3.63) is 81.2 Å². The number of rotatable bonds is 6. The molecule has 0 bridgehead atoms. The minimum Gasteiger partial charge on any atom is -0.381 e. The van der Waals surface area contributed by atoms with Crippen LogP contribution in [0.15, 0.2) is 53.9 Å². The number of carbonyl (C=O) groups excluding carboxylic acids is 2. The third-order valence-electron chi connectivity index (χ3n) is 6.60. The number of aromatic nitrogens is 2. The van der Waals surface area contributed by atoms with E-state index in [4.69, 9.17) is 4.74 Å². The number of fused-ring (bicyclic) bond motifs is 1. The standard InChI is InChI=1S/C28H28N4O3S/c1-18-13-16-36-26(18)27(33)29-25-17-20(28(34)32-14-11-21(35-2)12-15-32)8-7-19(25)9-10-24-22-5-3-4-6-23(22)30-31-24/h3-10,13,16-17,21H,11-12,14-15H2,1-2H3,(H,29,33)(H,30,31)/b10-9+. The van der Waals surface area contributed by atoms with Crippen LogP contribution in [-0.2, 0) is 4.74 Å². The van der Waals surface area contributed by atoms with E-state index in [1.54, 1.807) is 13.2 Å². The van der Waals surface area contributed by atoms with E-state index in [0.717, 1.165) is 40.6 Å². The molecule has 1 aliphatic heterocycles. The third-order valence-corrected chi connectivity index (χ3v) is 7.62. The van der Waals surface area contributed by atoms with Crippen molar-refractivity contribution in [3.8, 4) is 0 Å². The fourth-order valence-corrected chi connectivity index (χ4v) is 5.31. The molecule has 1 fully saturated rings. The van der Waals surface area contributed by atoms with Crippen LogP contribution in [0, 0.1) is 6.92 Å². The largest absolute Gasteiger partial charge is 0.381 e. The van der Waals surface area contributed by atoms with E-state index in [0.29, 0.717) is 29.2 Å². The number of thiophene rings is 1. The van der Waals surface area contributed by atoms with Crippen molar-refractivity contribution in [3.63, 3.8) is 0 Å². The molecule has 184 valence electrons. The second-order valence-electron chi connectivity index (χ2n) is 8.90. The minimum atomic E-state index is -0.187. The highest BCUT2D eigenvalue weighted by Crippen LogP contribution is 2.26. The summed E-state index contributed by atoms with van der Waals surface area (Å²) < 4.78 is 5.43. The topological polar surface area (TPSA) is 87.3 Å². The number of nitrogens with zero attached hydrogens (tertiary/aromatic N) is 2. The average Bonchev–Trinajstić information content (AvgIpc) is 3.53. The highest BCUT2D eigenvalue weighted by molar-refractivity contribution is 7.12. The van der Waals surface area contributed by atoms with Crippen LogP contribution in [0.4, 0.5) is 5.69 Å². The molecule has 0 unspecified atom stereocenters. The number of nitrogens with one attached hydrogen (secondary N) is 2. The summed E-state index contributed by atoms with van der Waals surface area (Å²) in [5.74, 6) is -0.228. The van der Waals surface area contributed by atoms with Crippen LogP contribution in [0.3, 0.4) is 0 Å². The molecule has 5 rings (SSSR count).